The zero-order chi connectivity index (χ0) is 21.1. The van der Waals surface area contributed by atoms with Gasteiger partial charge in [0.05, 0.1) is 15.1 Å². The maximum absolute atomic E-state index is 12.9. The van der Waals surface area contributed by atoms with Gasteiger partial charge in [-0.15, -0.1) is 11.3 Å². The van der Waals surface area contributed by atoms with Crippen LogP contribution < -0.4 is 5.32 Å². The van der Waals surface area contributed by atoms with E-state index >= 15 is 0 Å². The second kappa shape index (κ2) is 9.05. The molecule has 30 heavy (non-hydrogen) atoms. The molecule has 4 rings (SSSR count). The van der Waals surface area contributed by atoms with Crippen molar-refractivity contribution in [3.8, 4) is 0 Å². The number of anilines is 1. The van der Waals surface area contributed by atoms with Crippen molar-refractivity contribution < 1.29 is 13.2 Å². The highest BCUT2D eigenvalue weighted by atomic mass is 32.2. The summed E-state index contributed by atoms with van der Waals surface area (Å²) in [6, 6.07) is 11.8. The predicted octanol–water partition coefficient (Wildman–Crippen LogP) is 4.84. The number of hydrogen-bond donors (Lipinski definition) is 1. The van der Waals surface area contributed by atoms with Crippen LogP contribution in [0, 0.1) is 0 Å². The lowest BCUT2D eigenvalue weighted by Crippen LogP contribution is -2.31. The summed E-state index contributed by atoms with van der Waals surface area (Å²) in [6.45, 7) is 1.12. The molecule has 3 aromatic rings. The molecule has 1 saturated heterocycles. The van der Waals surface area contributed by atoms with Gasteiger partial charge in [-0.05, 0) is 61.6 Å². The molecule has 0 unspecified atom stereocenters. The molecule has 158 valence electrons. The molecule has 0 saturated carbocycles. The van der Waals surface area contributed by atoms with Crippen LogP contribution in [0.25, 0.3) is 10.2 Å². The number of rotatable bonds is 5. The Morgan fingerprint density at radius 3 is 2.43 bits per heavy atom. The SMILES string of the molecule is CSc1nc2ccc(NC(=O)c3ccc(S(=O)(=O)N4CCCCCC4)cc3)cc2s1. The van der Waals surface area contributed by atoms with E-state index in [1.807, 2.05) is 24.5 Å². The van der Waals surface area contributed by atoms with Crippen molar-refractivity contribution >= 4 is 54.9 Å². The van der Waals surface area contributed by atoms with E-state index in [0.29, 0.717) is 24.3 Å². The third-order valence-corrected chi connectivity index (χ3v) is 9.04. The van der Waals surface area contributed by atoms with Gasteiger partial charge in [0.15, 0.2) is 4.34 Å². The standard InChI is InChI=1S/C21H23N3O3S3/c1-28-21-23-18-11-8-16(14-19(18)29-21)22-20(25)15-6-9-17(10-7-15)30(26,27)24-12-4-2-3-5-13-24/h6-11,14H,2-5,12-13H2,1H3,(H,22,25). The van der Waals surface area contributed by atoms with E-state index in [0.717, 1.165) is 40.2 Å². The molecule has 1 amide bonds. The number of thioether (sulfide) groups is 1. The summed E-state index contributed by atoms with van der Waals surface area (Å²) in [5, 5.41) is 2.88. The van der Waals surface area contributed by atoms with E-state index in [1.54, 1.807) is 39.5 Å². The molecule has 0 radical (unpaired) electrons. The number of sulfonamides is 1. The molecule has 0 bridgehead atoms. The number of thiazole rings is 1. The second-order valence-corrected chi connectivity index (χ2v) is 11.2. The summed E-state index contributed by atoms with van der Waals surface area (Å²) in [6.07, 6.45) is 5.90. The van der Waals surface area contributed by atoms with Gasteiger partial charge in [-0.3, -0.25) is 4.79 Å². The smallest absolute Gasteiger partial charge is 0.255 e. The Balaban J connectivity index is 1.48. The van der Waals surface area contributed by atoms with Gasteiger partial charge in [0.25, 0.3) is 5.91 Å². The summed E-state index contributed by atoms with van der Waals surface area (Å²) < 4.78 is 29.3. The third kappa shape index (κ3) is 4.54. The Hall–Kier alpha value is -1.94. The maximum atomic E-state index is 12.9. The van der Waals surface area contributed by atoms with Gasteiger partial charge in [-0.25, -0.2) is 13.4 Å². The van der Waals surface area contributed by atoms with Crippen LogP contribution in [0.4, 0.5) is 5.69 Å². The van der Waals surface area contributed by atoms with Crippen LogP contribution in [0.5, 0.6) is 0 Å². The Kier molecular flexibility index (Phi) is 6.43. The molecule has 9 heteroatoms. The number of amides is 1. The Morgan fingerprint density at radius 2 is 1.77 bits per heavy atom. The lowest BCUT2D eigenvalue weighted by Gasteiger charge is -2.20. The van der Waals surface area contributed by atoms with Crippen LogP contribution in [0.3, 0.4) is 0 Å². The van der Waals surface area contributed by atoms with Gasteiger partial charge >= 0.3 is 0 Å². The number of carbonyl (C=O) groups is 1. The topological polar surface area (TPSA) is 79.4 Å². The number of carbonyl (C=O) groups excluding carboxylic acids is 1. The van der Waals surface area contributed by atoms with E-state index in [4.69, 9.17) is 0 Å². The highest BCUT2D eigenvalue weighted by molar-refractivity contribution is 8.00. The first-order valence-corrected chi connectivity index (χ1v) is 13.3. The minimum absolute atomic E-state index is 0.233. The van der Waals surface area contributed by atoms with Gasteiger partial charge in [0.2, 0.25) is 10.0 Å². The number of benzene rings is 2. The molecule has 1 aliphatic rings. The van der Waals surface area contributed by atoms with Crippen molar-refractivity contribution in [2.24, 2.45) is 0 Å². The van der Waals surface area contributed by atoms with Crippen molar-refractivity contribution in [2.75, 3.05) is 24.7 Å². The molecule has 6 nitrogen and oxygen atoms in total. The highest BCUT2D eigenvalue weighted by Crippen LogP contribution is 2.30. The van der Waals surface area contributed by atoms with Crippen molar-refractivity contribution in [1.82, 2.24) is 9.29 Å². The quantitative estimate of drug-likeness (QED) is 0.550. The summed E-state index contributed by atoms with van der Waals surface area (Å²) in [7, 11) is -3.52. The van der Waals surface area contributed by atoms with Crippen LogP contribution in [-0.2, 0) is 10.0 Å². The molecular weight excluding hydrogens is 438 g/mol. The molecule has 1 fully saturated rings. The predicted molar refractivity (Wildman–Crippen MR) is 123 cm³/mol. The average molecular weight is 462 g/mol. The van der Waals surface area contributed by atoms with Crippen molar-refractivity contribution in [3.05, 3.63) is 48.0 Å². The van der Waals surface area contributed by atoms with Crippen molar-refractivity contribution in [3.63, 3.8) is 0 Å². The first kappa shape index (κ1) is 21.3. The molecule has 2 heterocycles. The van der Waals surface area contributed by atoms with E-state index in [9.17, 15) is 13.2 Å². The van der Waals surface area contributed by atoms with Crippen molar-refractivity contribution in [1.29, 1.82) is 0 Å². The van der Waals surface area contributed by atoms with E-state index in [-0.39, 0.29) is 10.8 Å². The van der Waals surface area contributed by atoms with Crippen LogP contribution in [-0.4, -0.2) is 43.0 Å². The molecule has 1 aliphatic heterocycles. The lowest BCUT2D eigenvalue weighted by molar-refractivity contribution is 0.102. The monoisotopic (exact) mass is 461 g/mol. The van der Waals surface area contributed by atoms with Gasteiger partial charge < -0.3 is 5.32 Å². The van der Waals surface area contributed by atoms with Crippen molar-refractivity contribution in [2.45, 2.75) is 34.9 Å². The van der Waals surface area contributed by atoms with Gasteiger partial charge in [0.1, 0.15) is 0 Å². The van der Waals surface area contributed by atoms with Crippen LogP contribution in [0.2, 0.25) is 0 Å². The highest BCUT2D eigenvalue weighted by Gasteiger charge is 2.25. The molecule has 2 aromatic carbocycles. The normalized spacial score (nSPS) is 15.8. The van der Waals surface area contributed by atoms with E-state index in [1.165, 1.54) is 12.1 Å². The zero-order valence-corrected chi connectivity index (χ0v) is 19.1. The first-order chi connectivity index (χ1) is 14.5. The molecule has 0 spiro atoms. The fraction of sp³-hybridized carbons (Fsp3) is 0.333. The van der Waals surface area contributed by atoms with Gasteiger partial charge in [-0.1, -0.05) is 24.6 Å². The average Bonchev–Trinajstić information content (AvgIpc) is 2.96. The molecule has 0 aliphatic carbocycles. The lowest BCUT2D eigenvalue weighted by atomic mass is 10.2. The number of hydrogen-bond acceptors (Lipinski definition) is 6. The Morgan fingerprint density at radius 1 is 1.07 bits per heavy atom. The zero-order valence-electron chi connectivity index (χ0n) is 16.6. The largest absolute Gasteiger partial charge is 0.322 e. The van der Waals surface area contributed by atoms with Gasteiger partial charge in [0, 0.05) is 24.3 Å². The minimum Gasteiger partial charge on any atom is -0.322 e. The molecule has 1 aromatic heterocycles. The van der Waals surface area contributed by atoms with Gasteiger partial charge in [-0.2, -0.15) is 4.31 Å². The number of nitrogens with zero attached hydrogens (tertiary/aromatic N) is 2. The summed E-state index contributed by atoms with van der Waals surface area (Å²) in [5.74, 6) is -0.275. The van der Waals surface area contributed by atoms with Crippen LogP contribution >= 0.6 is 23.1 Å². The minimum atomic E-state index is -3.52. The summed E-state index contributed by atoms with van der Waals surface area (Å²) in [5.41, 5.74) is 2.01. The fourth-order valence-electron chi connectivity index (χ4n) is 3.48. The fourth-order valence-corrected chi connectivity index (χ4v) is 6.53. The number of fused-ring (bicyclic) bond motifs is 1. The summed E-state index contributed by atoms with van der Waals surface area (Å²) in [4.78, 5) is 17.4. The maximum Gasteiger partial charge on any atom is 0.255 e. The molecule has 0 atom stereocenters. The Bertz CT molecular complexity index is 1150. The number of aromatic nitrogens is 1. The molecule has 1 N–H and O–H groups in total. The third-order valence-electron chi connectivity index (χ3n) is 5.12. The summed E-state index contributed by atoms with van der Waals surface area (Å²) >= 11 is 3.18. The van der Waals surface area contributed by atoms with E-state index in [2.05, 4.69) is 10.3 Å². The molecular formula is C21H23N3O3S3. The van der Waals surface area contributed by atoms with Crippen LogP contribution in [0.15, 0.2) is 51.7 Å². The van der Waals surface area contributed by atoms with Crippen LogP contribution in [0.1, 0.15) is 36.0 Å². The Labute approximate surface area is 184 Å². The number of nitrogens with one attached hydrogen (secondary N) is 1. The second-order valence-electron chi connectivity index (χ2n) is 7.16. The first-order valence-electron chi connectivity index (χ1n) is 9.83. The van der Waals surface area contributed by atoms with E-state index < -0.39 is 10.0 Å².